The molecule has 94 valence electrons. The number of aryl methyl sites for hydroxylation is 1. The maximum atomic E-state index is 13.8. The van der Waals surface area contributed by atoms with E-state index in [1.54, 1.807) is 37.3 Å². The van der Waals surface area contributed by atoms with Gasteiger partial charge in [0.2, 0.25) is 0 Å². The van der Waals surface area contributed by atoms with Gasteiger partial charge in [-0.2, -0.15) is 0 Å². The number of hydrogen-bond acceptors (Lipinski definition) is 2. The van der Waals surface area contributed by atoms with Crippen molar-refractivity contribution in [3.63, 3.8) is 0 Å². The molecule has 0 saturated heterocycles. The number of benzene rings is 2. The first-order valence-corrected chi connectivity index (χ1v) is 5.82. The topological polar surface area (TPSA) is 29.5 Å². The lowest BCUT2D eigenvalue weighted by Gasteiger charge is -2.11. The lowest BCUT2D eigenvalue weighted by Crippen LogP contribution is -1.95. The molecule has 0 heterocycles. The third kappa shape index (κ3) is 2.63. The summed E-state index contributed by atoms with van der Waals surface area (Å²) in [5.74, 6) is 0.0582. The zero-order valence-electron chi connectivity index (χ0n) is 9.78. The monoisotopic (exact) mass is 266 g/mol. The van der Waals surface area contributed by atoms with Crippen molar-refractivity contribution < 1.29 is 14.2 Å². The van der Waals surface area contributed by atoms with Gasteiger partial charge in [-0.15, -0.1) is 0 Å². The quantitative estimate of drug-likeness (QED) is 0.907. The normalized spacial score (nSPS) is 10.4. The van der Waals surface area contributed by atoms with E-state index in [0.717, 1.165) is 0 Å². The van der Waals surface area contributed by atoms with Gasteiger partial charge in [-0.1, -0.05) is 29.8 Å². The van der Waals surface area contributed by atoms with E-state index in [0.29, 0.717) is 21.9 Å². The van der Waals surface area contributed by atoms with Crippen LogP contribution in [0.1, 0.15) is 11.1 Å². The Hall–Kier alpha value is -1.58. The maximum Gasteiger partial charge on any atom is 0.168 e. The Morgan fingerprint density at radius 2 is 2.00 bits per heavy atom. The van der Waals surface area contributed by atoms with Crippen molar-refractivity contribution in [3.8, 4) is 11.5 Å². The summed E-state index contributed by atoms with van der Waals surface area (Å²) in [5.41, 5.74) is 1.06. The molecule has 4 heteroatoms. The molecule has 0 radical (unpaired) electrons. The van der Waals surface area contributed by atoms with Gasteiger partial charge in [-0.25, -0.2) is 4.39 Å². The molecule has 0 atom stereocenters. The third-order valence-electron chi connectivity index (χ3n) is 2.58. The number of aliphatic hydroxyl groups excluding tert-OH is 1. The molecule has 0 unspecified atom stereocenters. The van der Waals surface area contributed by atoms with Crippen molar-refractivity contribution in [3.05, 3.63) is 58.4 Å². The van der Waals surface area contributed by atoms with Gasteiger partial charge in [0, 0.05) is 10.6 Å². The van der Waals surface area contributed by atoms with E-state index in [2.05, 4.69) is 0 Å². The molecule has 2 nitrogen and oxygen atoms in total. The number of ether oxygens (including phenoxy) is 1. The van der Waals surface area contributed by atoms with Crippen LogP contribution in [0.5, 0.6) is 11.5 Å². The Kier molecular flexibility index (Phi) is 3.84. The molecule has 18 heavy (non-hydrogen) atoms. The molecule has 0 fully saturated rings. The molecular formula is C14H12ClFO2. The van der Waals surface area contributed by atoms with E-state index >= 15 is 0 Å². The Labute approximate surface area is 110 Å². The van der Waals surface area contributed by atoms with Gasteiger partial charge in [0.25, 0.3) is 0 Å². The summed E-state index contributed by atoms with van der Waals surface area (Å²) in [6.07, 6.45) is 0. The molecule has 0 aliphatic heterocycles. The molecule has 0 bridgehead atoms. The van der Waals surface area contributed by atoms with Crippen LogP contribution in [0.2, 0.25) is 5.02 Å². The summed E-state index contributed by atoms with van der Waals surface area (Å²) < 4.78 is 19.3. The third-order valence-corrected chi connectivity index (χ3v) is 2.81. The summed E-state index contributed by atoms with van der Waals surface area (Å²) in [4.78, 5) is 0. The SMILES string of the molecule is Cc1cccc(Oc2cc(Cl)ccc2CO)c1F. The second-order valence-corrected chi connectivity index (χ2v) is 4.34. The van der Waals surface area contributed by atoms with Crippen LogP contribution in [0.25, 0.3) is 0 Å². The van der Waals surface area contributed by atoms with Crippen LogP contribution < -0.4 is 4.74 Å². The van der Waals surface area contributed by atoms with E-state index in [-0.39, 0.29) is 12.4 Å². The van der Waals surface area contributed by atoms with Crippen LogP contribution in [0, 0.1) is 12.7 Å². The van der Waals surface area contributed by atoms with Gasteiger partial charge in [0.1, 0.15) is 5.75 Å². The molecule has 0 aromatic heterocycles. The Bertz CT molecular complexity index is 570. The first-order valence-electron chi connectivity index (χ1n) is 5.44. The van der Waals surface area contributed by atoms with Crippen molar-refractivity contribution in [2.24, 2.45) is 0 Å². The van der Waals surface area contributed by atoms with Gasteiger partial charge in [-0.3, -0.25) is 0 Å². The van der Waals surface area contributed by atoms with Crippen LogP contribution in [0.4, 0.5) is 4.39 Å². The van der Waals surface area contributed by atoms with Crippen LogP contribution in [-0.2, 0) is 6.61 Å². The highest BCUT2D eigenvalue weighted by Gasteiger charge is 2.10. The Balaban J connectivity index is 2.39. The second-order valence-electron chi connectivity index (χ2n) is 3.90. The van der Waals surface area contributed by atoms with Gasteiger partial charge >= 0.3 is 0 Å². The maximum absolute atomic E-state index is 13.8. The molecular weight excluding hydrogens is 255 g/mol. The lowest BCUT2D eigenvalue weighted by molar-refractivity contribution is 0.276. The van der Waals surface area contributed by atoms with E-state index < -0.39 is 5.82 Å². The molecule has 0 amide bonds. The zero-order chi connectivity index (χ0) is 13.1. The first kappa shape index (κ1) is 12.9. The molecule has 2 rings (SSSR count). The highest BCUT2D eigenvalue weighted by Crippen LogP contribution is 2.30. The van der Waals surface area contributed by atoms with Crippen LogP contribution >= 0.6 is 11.6 Å². The predicted octanol–water partition coefficient (Wildman–Crippen LogP) is 4.07. The Morgan fingerprint density at radius 1 is 1.22 bits per heavy atom. The van der Waals surface area contributed by atoms with Crippen molar-refractivity contribution in [1.82, 2.24) is 0 Å². The fraction of sp³-hybridized carbons (Fsp3) is 0.143. The first-order chi connectivity index (χ1) is 8.61. The van der Waals surface area contributed by atoms with Crippen LogP contribution in [0.3, 0.4) is 0 Å². The second kappa shape index (κ2) is 5.38. The highest BCUT2D eigenvalue weighted by atomic mass is 35.5. The van der Waals surface area contributed by atoms with Gasteiger partial charge in [0.15, 0.2) is 11.6 Å². The van der Waals surface area contributed by atoms with Gasteiger partial charge in [-0.05, 0) is 30.7 Å². The summed E-state index contributed by atoms with van der Waals surface area (Å²) in [5, 5.41) is 9.66. The average Bonchev–Trinajstić information content (AvgIpc) is 2.35. The summed E-state index contributed by atoms with van der Waals surface area (Å²) >= 11 is 5.86. The van der Waals surface area contributed by atoms with E-state index in [4.69, 9.17) is 16.3 Å². The molecule has 0 saturated carbocycles. The van der Waals surface area contributed by atoms with Crippen molar-refractivity contribution in [1.29, 1.82) is 0 Å². The number of rotatable bonds is 3. The zero-order valence-corrected chi connectivity index (χ0v) is 10.5. The summed E-state index contributed by atoms with van der Waals surface area (Å²) in [6, 6.07) is 9.74. The van der Waals surface area contributed by atoms with Crippen LogP contribution in [-0.4, -0.2) is 5.11 Å². The smallest absolute Gasteiger partial charge is 0.168 e. The van der Waals surface area contributed by atoms with E-state index in [1.165, 1.54) is 6.07 Å². The standard InChI is InChI=1S/C14H12ClFO2/c1-9-3-2-4-12(14(9)16)18-13-7-11(15)6-5-10(13)8-17/h2-7,17H,8H2,1H3. The molecule has 0 spiro atoms. The van der Waals surface area contributed by atoms with E-state index in [1.807, 2.05) is 0 Å². The fourth-order valence-corrected chi connectivity index (χ4v) is 1.73. The van der Waals surface area contributed by atoms with Crippen molar-refractivity contribution in [2.45, 2.75) is 13.5 Å². The minimum atomic E-state index is -0.415. The van der Waals surface area contributed by atoms with E-state index in [9.17, 15) is 9.50 Å². The summed E-state index contributed by atoms with van der Waals surface area (Å²) in [6.45, 7) is 1.47. The Morgan fingerprint density at radius 3 is 2.72 bits per heavy atom. The minimum absolute atomic E-state index is 0.118. The van der Waals surface area contributed by atoms with Gasteiger partial charge in [0.05, 0.1) is 6.61 Å². The lowest BCUT2D eigenvalue weighted by atomic mass is 10.2. The van der Waals surface area contributed by atoms with Gasteiger partial charge < -0.3 is 9.84 Å². The number of halogens is 2. The number of aliphatic hydroxyl groups is 1. The van der Waals surface area contributed by atoms with Crippen molar-refractivity contribution in [2.75, 3.05) is 0 Å². The fourth-order valence-electron chi connectivity index (χ4n) is 1.57. The predicted molar refractivity (Wildman–Crippen MR) is 68.6 cm³/mol. The molecule has 0 aliphatic carbocycles. The largest absolute Gasteiger partial charge is 0.454 e. The number of hydrogen-bond donors (Lipinski definition) is 1. The molecule has 2 aromatic rings. The van der Waals surface area contributed by atoms with Crippen molar-refractivity contribution >= 4 is 11.6 Å². The highest BCUT2D eigenvalue weighted by molar-refractivity contribution is 6.30. The molecule has 0 aliphatic rings. The summed E-state index contributed by atoms with van der Waals surface area (Å²) in [7, 11) is 0. The molecule has 2 aromatic carbocycles. The van der Waals surface area contributed by atoms with Crippen LogP contribution in [0.15, 0.2) is 36.4 Å². The minimum Gasteiger partial charge on any atom is -0.454 e. The average molecular weight is 267 g/mol. The molecule has 1 N–H and O–H groups in total.